The molecule has 0 saturated carbocycles. The summed E-state index contributed by atoms with van der Waals surface area (Å²) in [4.78, 5) is 18.3. The molecule has 0 unspecified atom stereocenters. The molecule has 162 valence electrons. The zero-order valence-electron chi connectivity index (χ0n) is 17.8. The van der Waals surface area contributed by atoms with Crippen LogP contribution in [0.3, 0.4) is 0 Å². The van der Waals surface area contributed by atoms with E-state index in [1.54, 1.807) is 17.8 Å². The number of rotatable bonds is 6. The van der Waals surface area contributed by atoms with Gasteiger partial charge in [0, 0.05) is 54.5 Å². The van der Waals surface area contributed by atoms with Crippen LogP contribution >= 0.6 is 11.8 Å². The molecule has 2 heterocycles. The molecular weight excluding hydrogens is 413 g/mol. The first-order valence-corrected chi connectivity index (χ1v) is 11.4. The highest BCUT2D eigenvalue weighted by atomic mass is 32.2. The maximum Gasteiger partial charge on any atom is 0.255 e. The Morgan fingerprint density at radius 3 is 2.48 bits per heavy atom. The van der Waals surface area contributed by atoms with Gasteiger partial charge < -0.3 is 9.42 Å². The van der Waals surface area contributed by atoms with Gasteiger partial charge in [-0.2, -0.15) is 0 Å². The highest BCUT2D eigenvalue weighted by molar-refractivity contribution is 7.98. The monoisotopic (exact) mass is 439 g/mol. The van der Waals surface area contributed by atoms with Gasteiger partial charge in [-0.05, 0) is 32.0 Å². The van der Waals surface area contributed by atoms with Crippen molar-refractivity contribution < 1.29 is 13.7 Å². The fraction of sp³-hybridized carbons (Fsp3) is 0.333. The Hall–Kier alpha value is -2.64. The summed E-state index contributed by atoms with van der Waals surface area (Å²) < 4.78 is 19.2. The van der Waals surface area contributed by atoms with Gasteiger partial charge in [0.2, 0.25) is 0 Å². The van der Waals surface area contributed by atoms with Crippen LogP contribution in [0.5, 0.6) is 0 Å². The lowest BCUT2D eigenvalue weighted by Gasteiger charge is -2.35. The van der Waals surface area contributed by atoms with Crippen LogP contribution in [-0.2, 0) is 12.3 Å². The lowest BCUT2D eigenvalue weighted by molar-refractivity contribution is 0.0623. The molecule has 0 N–H and O–H groups in total. The summed E-state index contributed by atoms with van der Waals surface area (Å²) in [5, 5.41) is 4.01. The third kappa shape index (κ3) is 4.99. The SMILES string of the molecule is Cc1noc(C)c1CSc1ccccc1C(=O)N1CCN(Cc2ccccc2F)CC1. The van der Waals surface area contributed by atoms with Crippen LogP contribution in [0.1, 0.15) is 32.9 Å². The predicted octanol–water partition coefficient (Wildman–Crippen LogP) is 4.68. The second-order valence-electron chi connectivity index (χ2n) is 7.75. The average molecular weight is 440 g/mol. The van der Waals surface area contributed by atoms with Crippen molar-refractivity contribution in [2.24, 2.45) is 0 Å². The summed E-state index contributed by atoms with van der Waals surface area (Å²) in [5.74, 6) is 1.40. The Balaban J connectivity index is 1.38. The van der Waals surface area contributed by atoms with E-state index in [-0.39, 0.29) is 11.7 Å². The first kappa shape index (κ1) is 21.6. The van der Waals surface area contributed by atoms with Gasteiger partial charge in [-0.15, -0.1) is 11.8 Å². The molecule has 31 heavy (non-hydrogen) atoms. The van der Waals surface area contributed by atoms with Gasteiger partial charge in [0.1, 0.15) is 11.6 Å². The standard InChI is InChI=1S/C24H26FN3O2S/c1-17-21(18(2)30-26-17)16-31-23-10-6-4-8-20(23)24(29)28-13-11-27(12-14-28)15-19-7-3-5-9-22(19)25/h3-10H,11-16H2,1-2H3. The maximum absolute atomic E-state index is 13.9. The number of benzene rings is 2. The number of halogens is 1. The van der Waals surface area contributed by atoms with Crippen molar-refractivity contribution in [2.75, 3.05) is 26.2 Å². The first-order chi connectivity index (χ1) is 15.0. The van der Waals surface area contributed by atoms with Gasteiger partial charge in [-0.3, -0.25) is 9.69 Å². The molecule has 1 aliphatic rings. The number of carbonyl (C=O) groups excluding carboxylic acids is 1. The zero-order chi connectivity index (χ0) is 21.8. The van der Waals surface area contributed by atoms with Gasteiger partial charge in [-0.25, -0.2) is 4.39 Å². The van der Waals surface area contributed by atoms with Crippen LogP contribution < -0.4 is 0 Å². The Morgan fingerprint density at radius 2 is 1.77 bits per heavy atom. The minimum absolute atomic E-state index is 0.0485. The molecule has 0 aliphatic carbocycles. The average Bonchev–Trinajstić information content (AvgIpc) is 3.11. The highest BCUT2D eigenvalue weighted by Gasteiger charge is 2.24. The Bertz CT molecular complexity index is 1040. The molecule has 2 aromatic carbocycles. The number of thioether (sulfide) groups is 1. The lowest BCUT2D eigenvalue weighted by atomic mass is 10.1. The number of piperazine rings is 1. The largest absolute Gasteiger partial charge is 0.361 e. The van der Waals surface area contributed by atoms with E-state index in [1.165, 1.54) is 6.07 Å². The van der Waals surface area contributed by atoms with Crippen LogP contribution in [-0.4, -0.2) is 47.0 Å². The van der Waals surface area contributed by atoms with Gasteiger partial charge in [0.05, 0.1) is 11.3 Å². The number of aromatic nitrogens is 1. The number of carbonyl (C=O) groups is 1. The highest BCUT2D eigenvalue weighted by Crippen LogP contribution is 2.29. The van der Waals surface area contributed by atoms with Crippen LogP contribution in [0.4, 0.5) is 4.39 Å². The summed E-state index contributed by atoms with van der Waals surface area (Å²) in [5.41, 5.74) is 3.39. The summed E-state index contributed by atoms with van der Waals surface area (Å²) in [6.45, 7) is 7.14. The zero-order valence-corrected chi connectivity index (χ0v) is 18.6. The predicted molar refractivity (Wildman–Crippen MR) is 120 cm³/mol. The Labute approximate surface area is 186 Å². The van der Waals surface area contributed by atoms with Crippen molar-refractivity contribution in [1.29, 1.82) is 0 Å². The molecule has 1 aromatic heterocycles. The molecule has 3 aromatic rings. The summed E-state index contributed by atoms with van der Waals surface area (Å²) >= 11 is 1.63. The molecule has 0 bridgehead atoms. The fourth-order valence-corrected chi connectivity index (χ4v) is 4.97. The number of hydrogen-bond acceptors (Lipinski definition) is 5. The van der Waals surface area contributed by atoms with E-state index in [9.17, 15) is 9.18 Å². The quantitative estimate of drug-likeness (QED) is 0.522. The van der Waals surface area contributed by atoms with Crippen molar-refractivity contribution in [2.45, 2.75) is 31.0 Å². The van der Waals surface area contributed by atoms with Crippen molar-refractivity contribution in [3.8, 4) is 0 Å². The third-order valence-corrected chi connectivity index (χ3v) is 6.78. The lowest BCUT2D eigenvalue weighted by Crippen LogP contribution is -2.48. The second-order valence-corrected chi connectivity index (χ2v) is 8.76. The molecule has 7 heteroatoms. The topological polar surface area (TPSA) is 49.6 Å². The molecule has 0 atom stereocenters. The van der Waals surface area contributed by atoms with Crippen molar-refractivity contribution in [1.82, 2.24) is 15.0 Å². The summed E-state index contributed by atoms with van der Waals surface area (Å²) in [6.07, 6.45) is 0. The summed E-state index contributed by atoms with van der Waals surface area (Å²) in [7, 11) is 0. The van der Waals surface area contributed by atoms with E-state index >= 15 is 0 Å². The van der Waals surface area contributed by atoms with Crippen molar-refractivity contribution >= 4 is 17.7 Å². The van der Waals surface area contributed by atoms with Crippen LogP contribution in [0.25, 0.3) is 0 Å². The minimum atomic E-state index is -0.176. The van der Waals surface area contributed by atoms with E-state index in [0.717, 1.165) is 40.6 Å². The molecular formula is C24H26FN3O2S. The normalized spacial score (nSPS) is 14.7. The van der Waals surface area contributed by atoms with E-state index in [4.69, 9.17) is 4.52 Å². The molecule has 1 saturated heterocycles. The van der Waals surface area contributed by atoms with Crippen molar-refractivity contribution in [3.63, 3.8) is 0 Å². The minimum Gasteiger partial charge on any atom is -0.361 e. The van der Waals surface area contributed by atoms with Crippen LogP contribution in [0.15, 0.2) is 57.9 Å². The van der Waals surface area contributed by atoms with E-state index in [1.807, 2.05) is 55.1 Å². The van der Waals surface area contributed by atoms with Gasteiger partial charge >= 0.3 is 0 Å². The molecule has 0 spiro atoms. The maximum atomic E-state index is 13.9. The van der Waals surface area contributed by atoms with Crippen LogP contribution in [0, 0.1) is 19.7 Å². The van der Waals surface area contributed by atoms with E-state index < -0.39 is 0 Å². The fourth-order valence-electron chi connectivity index (χ4n) is 3.77. The molecule has 0 radical (unpaired) electrons. The third-order valence-electron chi connectivity index (χ3n) is 5.68. The molecule has 1 fully saturated rings. The number of aryl methyl sites for hydroxylation is 2. The van der Waals surface area contributed by atoms with Crippen LogP contribution in [0.2, 0.25) is 0 Å². The van der Waals surface area contributed by atoms with E-state index in [2.05, 4.69) is 10.1 Å². The Morgan fingerprint density at radius 1 is 1.06 bits per heavy atom. The molecule has 1 aliphatic heterocycles. The van der Waals surface area contributed by atoms with Gasteiger partial charge in [0.15, 0.2) is 0 Å². The number of amides is 1. The first-order valence-electron chi connectivity index (χ1n) is 10.4. The molecule has 1 amide bonds. The second kappa shape index (κ2) is 9.66. The molecule has 5 nitrogen and oxygen atoms in total. The number of nitrogens with zero attached hydrogens (tertiary/aromatic N) is 3. The summed E-state index contributed by atoms with van der Waals surface area (Å²) in [6, 6.07) is 14.6. The Kier molecular flexibility index (Phi) is 6.73. The van der Waals surface area contributed by atoms with Gasteiger partial charge in [-0.1, -0.05) is 35.5 Å². The van der Waals surface area contributed by atoms with Gasteiger partial charge in [0.25, 0.3) is 5.91 Å². The van der Waals surface area contributed by atoms with E-state index in [0.29, 0.717) is 31.0 Å². The number of hydrogen-bond donors (Lipinski definition) is 0. The molecule has 4 rings (SSSR count). The smallest absolute Gasteiger partial charge is 0.255 e. The van der Waals surface area contributed by atoms with Crippen molar-refractivity contribution in [3.05, 3.63) is 82.5 Å².